The summed E-state index contributed by atoms with van der Waals surface area (Å²) < 4.78 is 27.7. The number of urea groups is 1. The number of likely N-dealkylation sites (tertiary alicyclic amines) is 1. The lowest BCUT2D eigenvalue weighted by Gasteiger charge is -2.36. The molecule has 172 valence electrons. The number of nitrogens with one attached hydrogen (secondary N) is 1. The van der Waals surface area contributed by atoms with Gasteiger partial charge in [-0.2, -0.15) is 0 Å². The first-order valence-electron chi connectivity index (χ1n) is 10.3. The Bertz CT molecular complexity index is 1140. The smallest absolute Gasteiger partial charge is 0.321 e. The van der Waals surface area contributed by atoms with Crippen LogP contribution in [0.1, 0.15) is 22.5 Å². The number of piperidine rings is 1. The summed E-state index contributed by atoms with van der Waals surface area (Å²) in [6, 6.07) is 8.01. The van der Waals surface area contributed by atoms with E-state index in [2.05, 4.69) is 26.2 Å². The van der Waals surface area contributed by atoms with Gasteiger partial charge in [0.05, 0.1) is 17.6 Å². The number of carbonyl (C=O) groups is 2. The van der Waals surface area contributed by atoms with Crippen molar-refractivity contribution in [2.24, 2.45) is 0 Å². The first kappa shape index (κ1) is 23.3. The van der Waals surface area contributed by atoms with Crippen LogP contribution in [0.15, 0.2) is 52.4 Å². The first-order chi connectivity index (χ1) is 15.8. The van der Waals surface area contributed by atoms with Gasteiger partial charge in [0.15, 0.2) is 0 Å². The third-order valence-electron chi connectivity index (χ3n) is 5.60. The highest BCUT2D eigenvalue weighted by molar-refractivity contribution is 9.10. The highest BCUT2D eigenvalue weighted by atomic mass is 79.9. The van der Waals surface area contributed by atoms with Gasteiger partial charge in [0, 0.05) is 42.3 Å². The van der Waals surface area contributed by atoms with Crippen LogP contribution in [0.5, 0.6) is 0 Å². The second-order valence-electron chi connectivity index (χ2n) is 7.75. The number of aromatic nitrogens is 1. The molecule has 33 heavy (non-hydrogen) atoms. The monoisotopic (exact) mass is 534 g/mol. The number of nitrogens with zero attached hydrogens (tertiary/aromatic N) is 3. The molecule has 10 heteroatoms. The number of hydrogen-bond donors (Lipinski definition) is 1. The Morgan fingerprint density at radius 1 is 1.15 bits per heavy atom. The largest absolute Gasteiger partial charge is 0.338 e. The van der Waals surface area contributed by atoms with Crippen molar-refractivity contribution >= 4 is 44.9 Å². The summed E-state index contributed by atoms with van der Waals surface area (Å²) >= 11 is 4.82. The van der Waals surface area contributed by atoms with Gasteiger partial charge >= 0.3 is 6.03 Å². The van der Waals surface area contributed by atoms with Crippen LogP contribution in [0, 0.1) is 11.6 Å². The predicted molar refractivity (Wildman–Crippen MR) is 127 cm³/mol. The Morgan fingerprint density at radius 2 is 1.85 bits per heavy atom. The Labute approximate surface area is 202 Å². The molecule has 3 amide bonds. The van der Waals surface area contributed by atoms with Gasteiger partial charge in [0.25, 0.3) is 5.91 Å². The van der Waals surface area contributed by atoms with Crippen LogP contribution < -0.4 is 5.32 Å². The molecule has 3 heterocycles. The van der Waals surface area contributed by atoms with Crippen LogP contribution in [0.2, 0.25) is 0 Å². The molecule has 1 aliphatic rings. The summed E-state index contributed by atoms with van der Waals surface area (Å²) in [6.07, 6.45) is 2.81. The summed E-state index contributed by atoms with van der Waals surface area (Å²) in [5.41, 5.74) is 1.19. The van der Waals surface area contributed by atoms with Gasteiger partial charge in [-0.05, 0) is 64.5 Å². The summed E-state index contributed by atoms with van der Waals surface area (Å²) in [4.78, 5) is 33.7. The van der Waals surface area contributed by atoms with Gasteiger partial charge in [-0.3, -0.25) is 9.78 Å². The predicted octanol–water partition coefficient (Wildman–Crippen LogP) is 5.62. The topological polar surface area (TPSA) is 65.5 Å². The second-order valence-corrected chi connectivity index (χ2v) is 9.52. The van der Waals surface area contributed by atoms with E-state index in [1.165, 1.54) is 29.7 Å². The molecule has 0 unspecified atom stereocenters. The van der Waals surface area contributed by atoms with Crippen molar-refractivity contribution in [2.45, 2.75) is 18.9 Å². The quantitative estimate of drug-likeness (QED) is 0.472. The molecule has 1 saturated heterocycles. The van der Waals surface area contributed by atoms with Gasteiger partial charge in [0.1, 0.15) is 16.5 Å². The molecule has 4 rings (SSSR count). The Hall–Kier alpha value is -2.85. The fraction of sp³-hybridized carbons (Fsp3) is 0.261. The van der Waals surface area contributed by atoms with E-state index in [9.17, 15) is 18.4 Å². The minimum absolute atomic E-state index is 0.00308. The van der Waals surface area contributed by atoms with Crippen molar-refractivity contribution in [1.29, 1.82) is 0 Å². The van der Waals surface area contributed by atoms with E-state index in [1.54, 1.807) is 24.1 Å². The van der Waals surface area contributed by atoms with Crippen molar-refractivity contribution in [3.05, 3.63) is 69.0 Å². The maximum Gasteiger partial charge on any atom is 0.321 e. The van der Waals surface area contributed by atoms with Crippen LogP contribution in [0.4, 0.5) is 19.3 Å². The molecule has 1 aromatic carbocycles. The Kier molecular flexibility index (Phi) is 7.04. The van der Waals surface area contributed by atoms with Crippen molar-refractivity contribution < 1.29 is 18.4 Å². The fourth-order valence-electron chi connectivity index (χ4n) is 3.76. The van der Waals surface area contributed by atoms with E-state index < -0.39 is 11.6 Å². The van der Waals surface area contributed by atoms with E-state index in [-0.39, 0.29) is 18.0 Å². The molecule has 3 aromatic rings. The van der Waals surface area contributed by atoms with Crippen LogP contribution in [-0.4, -0.2) is 52.9 Å². The minimum Gasteiger partial charge on any atom is -0.338 e. The van der Waals surface area contributed by atoms with E-state index >= 15 is 0 Å². The lowest BCUT2D eigenvalue weighted by atomic mass is 10.0. The number of halogens is 3. The lowest BCUT2D eigenvalue weighted by Crippen LogP contribution is -2.48. The highest BCUT2D eigenvalue weighted by Crippen LogP contribution is 2.26. The van der Waals surface area contributed by atoms with Gasteiger partial charge in [0.2, 0.25) is 0 Å². The zero-order chi connectivity index (χ0) is 23.5. The summed E-state index contributed by atoms with van der Waals surface area (Å²) in [5, 5.41) is 4.67. The summed E-state index contributed by atoms with van der Waals surface area (Å²) in [7, 11) is 1.73. The zero-order valence-corrected chi connectivity index (χ0v) is 20.1. The fourth-order valence-corrected chi connectivity index (χ4v) is 5.27. The maximum atomic E-state index is 13.4. The normalized spacial score (nSPS) is 14.2. The molecular weight excluding hydrogens is 514 g/mol. The molecule has 2 aromatic heterocycles. The van der Waals surface area contributed by atoms with Gasteiger partial charge in [-0.1, -0.05) is 0 Å². The highest BCUT2D eigenvalue weighted by Gasteiger charge is 2.29. The van der Waals surface area contributed by atoms with Crippen molar-refractivity contribution in [1.82, 2.24) is 14.8 Å². The van der Waals surface area contributed by atoms with Crippen LogP contribution in [-0.2, 0) is 0 Å². The van der Waals surface area contributed by atoms with E-state index in [4.69, 9.17) is 0 Å². The molecule has 1 fully saturated rings. The molecule has 0 atom stereocenters. The maximum absolute atomic E-state index is 13.4. The van der Waals surface area contributed by atoms with Crippen molar-refractivity contribution in [3.8, 4) is 11.3 Å². The number of thiophene rings is 1. The average Bonchev–Trinajstić information content (AvgIpc) is 3.24. The van der Waals surface area contributed by atoms with E-state index in [1.807, 2.05) is 16.3 Å². The first-order valence-corrected chi connectivity index (χ1v) is 12.0. The minimum atomic E-state index is -0.679. The summed E-state index contributed by atoms with van der Waals surface area (Å²) in [5.74, 6) is -1.35. The number of amides is 3. The lowest BCUT2D eigenvalue weighted by molar-refractivity contribution is 0.0675. The molecule has 1 N–H and O–H groups in total. The third-order valence-corrected chi connectivity index (χ3v) is 7.43. The van der Waals surface area contributed by atoms with Crippen LogP contribution >= 0.6 is 27.3 Å². The van der Waals surface area contributed by atoms with Crippen molar-refractivity contribution in [2.75, 3.05) is 25.5 Å². The number of anilines is 1. The standard InChI is InChI=1S/C23H21BrF2N4O2S/c1-29(18-4-7-30(8-5-18)22(31)21-19(24)6-9-33-21)23(32)28-17-2-3-20(27-13-17)14-10-15(25)12-16(26)11-14/h2-3,6,9-13,18H,4-5,7-8H2,1H3,(H,28,32). The molecule has 0 bridgehead atoms. The Morgan fingerprint density at radius 3 is 2.42 bits per heavy atom. The zero-order valence-electron chi connectivity index (χ0n) is 17.7. The second kappa shape index (κ2) is 9.96. The van der Waals surface area contributed by atoms with E-state index in [0.717, 1.165) is 10.5 Å². The van der Waals surface area contributed by atoms with Gasteiger partial charge in [-0.15, -0.1) is 11.3 Å². The molecule has 1 aliphatic heterocycles. The van der Waals surface area contributed by atoms with Crippen LogP contribution in [0.25, 0.3) is 11.3 Å². The molecule has 0 saturated carbocycles. The molecular formula is C23H21BrF2N4O2S. The molecule has 6 nitrogen and oxygen atoms in total. The number of rotatable bonds is 4. The number of carbonyl (C=O) groups excluding carboxylic acids is 2. The SMILES string of the molecule is CN(C(=O)Nc1ccc(-c2cc(F)cc(F)c2)nc1)C1CCN(C(=O)c2sccc2Br)CC1. The van der Waals surface area contributed by atoms with Gasteiger partial charge in [-0.25, -0.2) is 13.6 Å². The number of pyridine rings is 1. The number of hydrogen-bond acceptors (Lipinski definition) is 4. The Balaban J connectivity index is 1.32. The molecule has 0 spiro atoms. The van der Waals surface area contributed by atoms with Crippen LogP contribution in [0.3, 0.4) is 0 Å². The molecule has 0 radical (unpaired) electrons. The van der Waals surface area contributed by atoms with E-state index in [0.29, 0.717) is 47.8 Å². The van der Waals surface area contributed by atoms with Crippen molar-refractivity contribution in [3.63, 3.8) is 0 Å². The van der Waals surface area contributed by atoms with Gasteiger partial charge < -0.3 is 15.1 Å². The summed E-state index contributed by atoms with van der Waals surface area (Å²) in [6.45, 7) is 1.15. The number of benzene rings is 1. The third kappa shape index (κ3) is 5.39. The molecule has 0 aliphatic carbocycles. The average molecular weight is 535 g/mol.